The van der Waals surface area contributed by atoms with Gasteiger partial charge in [0, 0.05) is 12.2 Å². The lowest BCUT2D eigenvalue weighted by atomic mass is 9.74. The zero-order chi connectivity index (χ0) is 23.0. The quantitative estimate of drug-likeness (QED) is 0.535. The van der Waals surface area contributed by atoms with Crippen molar-refractivity contribution >= 4 is 11.8 Å². The summed E-state index contributed by atoms with van der Waals surface area (Å²) in [6, 6.07) is 12.7. The molecule has 0 aliphatic carbocycles. The van der Waals surface area contributed by atoms with Crippen LogP contribution in [0.15, 0.2) is 54.1 Å². The van der Waals surface area contributed by atoms with E-state index in [1.54, 1.807) is 30.9 Å². The van der Waals surface area contributed by atoms with E-state index in [-0.39, 0.29) is 5.92 Å². The van der Waals surface area contributed by atoms with Gasteiger partial charge >= 0.3 is 6.18 Å². The molecule has 1 N–H and O–H groups in total. The van der Waals surface area contributed by atoms with Gasteiger partial charge in [0.15, 0.2) is 5.60 Å². The zero-order valence-corrected chi connectivity index (χ0v) is 18.3. The highest BCUT2D eigenvalue weighted by Crippen LogP contribution is 2.43. The van der Waals surface area contributed by atoms with Gasteiger partial charge in [-0.3, -0.25) is 0 Å². The maximum Gasteiger partial charge on any atom is 0.418 e. The van der Waals surface area contributed by atoms with Crippen LogP contribution in [-0.4, -0.2) is 30.0 Å². The van der Waals surface area contributed by atoms with Gasteiger partial charge in [-0.15, -0.1) is 0 Å². The number of alkyl halides is 3. The third-order valence-electron chi connectivity index (χ3n) is 6.07. The second kappa shape index (κ2) is 8.30. The Hall–Kier alpha value is -2.34. The van der Waals surface area contributed by atoms with Crippen LogP contribution in [0.5, 0.6) is 0 Å². The summed E-state index contributed by atoms with van der Waals surface area (Å²) in [4.78, 5) is 1.62. The highest BCUT2D eigenvalue weighted by Gasteiger charge is 2.57. The number of hydrogen-bond donors (Lipinski definition) is 1. The number of halogens is 4. The fourth-order valence-corrected chi connectivity index (χ4v) is 4.23. The predicted octanol–water partition coefficient (Wildman–Crippen LogP) is 6.35. The van der Waals surface area contributed by atoms with Gasteiger partial charge in [-0.25, -0.2) is 4.39 Å². The molecule has 0 spiro atoms. The van der Waals surface area contributed by atoms with Gasteiger partial charge in [0.05, 0.1) is 6.54 Å². The monoisotopic (exact) mass is 435 g/mol. The molecule has 1 heterocycles. The number of benzene rings is 2. The lowest BCUT2D eigenvalue weighted by Crippen LogP contribution is -2.57. The van der Waals surface area contributed by atoms with E-state index in [1.165, 1.54) is 24.3 Å². The van der Waals surface area contributed by atoms with E-state index in [2.05, 4.69) is 0 Å². The molecule has 0 saturated heterocycles. The zero-order valence-electron chi connectivity index (χ0n) is 18.3. The number of nitrogens with zero attached hydrogens (tertiary/aromatic N) is 1. The maximum atomic E-state index is 14.2. The van der Waals surface area contributed by atoms with Crippen molar-refractivity contribution in [1.29, 1.82) is 0 Å². The summed E-state index contributed by atoms with van der Waals surface area (Å²) in [6.07, 6.45) is -3.36. The summed E-state index contributed by atoms with van der Waals surface area (Å²) in [5.41, 5.74) is -0.894. The normalized spacial score (nSPS) is 16.7. The van der Waals surface area contributed by atoms with Crippen molar-refractivity contribution in [3.8, 4) is 0 Å². The topological polar surface area (TPSA) is 23.5 Å². The van der Waals surface area contributed by atoms with Crippen LogP contribution in [0.1, 0.15) is 45.2 Å². The van der Waals surface area contributed by atoms with Crippen molar-refractivity contribution < 1.29 is 22.7 Å². The predicted molar refractivity (Wildman–Crippen MR) is 117 cm³/mol. The lowest BCUT2D eigenvalue weighted by Gasteiger charge is -2.43. The summed E-state index contributed by atoms with van der Waals surface area (Å²) in [7, 11) is 0. The Kier molecular flexibility index (Phi) is 6.25. The standard InChI is InChI=1S/C25H29F4NO/c1-17(2)19-13-18-7-5-6-8-22(18)30(14-19)16-24(31,25(27,28)29)15-23(3,4)20-9-11-21(26)12-10-20/h5-13,17,31H,14-16H2,1-4H3. The van der Waals surface area contributed by atoms with E-state index < -0.39 is 36.0 Å². The van der Waals surface area contributed by atoms with Crippen LogP contribution in [0.4, 0.5) is 23.2 Å². The van der Waals surface area contributed by atoms with E-state index in [0.717, 1.165) is 11.1 Å². The molecule has 2 aromatic carbocycles. The Bertz CT molecular complexity index is 947. The molecule has 2 aromatic rings. The number of rotatable bonds is 6. The molecule has 1 unspecified atom stereocenters. The van der Waals surface area contributed by atoms with Crippen LogP contribution >= 0.6 is 0 Å². The van der Waals surface area contributed by atoms with Crippen LogP contribution in [0.2, 0.25) is 0 Å². The first-order valence-electron chi connectivity index (χ1n) is 10.4. The first kappa shape index (κ1) is 23.3. The molecule has 0 fully saturated rings. The molecule has 1 aliphatic heterocycles. The van der Waals surface area contributed by atoms with Crippen LogP contribution in [0.25, 0.3) is 6.08 Å². The molecule has 31 heavy (non-hydrogen) atoms. The largest absolute Gasteiger partial charge is 0.418 e. The molecule has 0 amide bonds. The van der Waals surface area contributed by atoms with Gasteiger partial charge in [0.25, 0.3) is 0 Å². The van der Waals surface area contributed by atoms with Crippen molar-refractivity contribution in [3.05, 3.63) is 71.0 Å². The number of hydrogen-bond acceptors (Lipinski definition) is 2. The van der Waals surface area contributed by atoms with Gasteiger partial charge in [0.1, 0.15) is 5.82 Å². The van der Waals surface area contributed by atoms with Crippen LogP contribution in [-0.2, 0) is 5.41 Å². The average molecular weight is 436 g/mol. The van der Waals surface area contributed by atoms with Gasteiger partial charge < -0.3 is 10.0 Å². The first-order chi connectivity index (χ1) is 14.3. The molecular formula is C25H29F4NO. The maximum absolute atomic E-state index is 14.2. The minimum atomic E-state index is -4.83. The van der Waals surface area contributed by atoms with Crippen molar-refractivity contribution in [3.63, 3.8) is 0 Å². The van der Waals surface area contributed by atoms with Gasteiger partial charge in [-0.05, 0) is 52.7 Å². The Labute approximate surface area is 181 Å². The molecule has 2 nitrogen and oxygen atoms in total. The fourth-order valence-electron chi connectivity index (χ4n) is 4.23. The molecule has 0 saturated carbocycles. The second-order valence-corrected chi connectivity index (χ2v) is 9.39. The molecule has 0 bridgehead atoms. The third-order valence-corrected chi connectivity index (χ3v) is 6.07. The number of fused-ring (bicyclic) bond motifs is 1. The fraction of sp³-hybridized carbons (Fsp3) is 0.440. The molecule has 1 atom stereocenters. The Morgan fingerprint density at radius 3 is 2.19 bits per heavy atom. The molecule has 0 aromatic heterocycles. The summed E-state index contributed by atoms with van der Waals surface area (Å²) >= 11 is 0. The molecule has 3 rings (SSSR count). The van der Waals surface area contributed by atoms with E-state index in [4.69, 9.17) is 0 Å². The molecular weight excluding hydrogens is 406 g/mol. The van der Waals surface area contributed by atoms with E-state index in [1.807, 2.05) is 32.1 Å². The highest BCUT2D eigenvalue weighted by molar-refractivity contribution is 5.73. The van der Waals surface area contributed by atoms with Crippen molar-refractivity contribution in [2.24, 2.45) is 5.92 Å². The van der Waals surface area contributed by atoms with Crippen LogP contribution < -0.4 is 4.90 Å². The number of anilines is 1. The summed E-state index contributed by atoms with van der Waals surface area (Å²) in [6.45, 7) is 7.03. The van der Waals surface area contributed by atoms with E-state index in [9.17, 15) is 22.7 Å². The molecule has 0 radical (unpaired) electrons. The van der Waals surface area contributed by atoms with Crippen LogP contribution in [0.3, 0.4) is 0 Å². The smallest absolute Gasteiger partial charge is 0.379 e. The summed E-state index contributed by atoms with van der Waals surface area (Å²) in [5, 5.41) is 11.0. The van der Waals surface area contributed by atoms with Crippen molar-refractivity contribution in [2.75, 3.05) is 18.0 Å². The van der Waals surface area contributed by atoms with Gasteiger partial charge in [0.2, 0.25) is 0 Å². The number of aliphatic hydroxyl groups is 1. The Morgan fingerprint density at radius 1 is 1.00 bits per heavy atom. The SMILES string of the molecule is CC(C)C1=Cc2ccccc2N(CC(O)(CC(C)(C)c2ccc(F)cc2)C(F)(F)F)C1. The van der Waals surface area contributed by atoms with E-state index >= 15 is 0 Å². The minimum Gasteiger partial charge on any atom is -0.379 e. The number of para-hydroxylation sites is 1. The summed E-state index contributed by atoms with van der Waals surface area (Å²) in [5.74, 6) is -0.283. The van der Waals surface area contributed by atoms with Gasteiger partial charge in [-0.2, -0.15) is 13.2 Å². The van der Waals surface area contributed by atoms with Gasteiger partial charge in [-0.1, -0.05) is 64.1 Å². The molecule has 6 heteroatoms. The van der Waals surface area contributed by atoms with Crippen molar-refractivity contribution in [2.45, 2.75) is 51.3 Å². The Morgan fingerprint density at radius 2 is 1.61 bits per heavy atom. The Balaban J connectivity index is 1.96. The van der Waals surface area contributed by atoms with Crippen LogP contribution in [0, 0.1) is 11.7 Å². The summed E-state index contributed by atoms with van der Waals surface area (Å²) < 4.78 is 56.1. The van der Waals surface area contributed by atoms with Crippen molar-refractivity contribution in [1.82, 2.24) is 0 Å². The minimum absolute atomic E-state index is 0.172. The third kappa shape index (κ3) is 4.95. The average Bonchev–Trinajstić information content (AvgIpc) is 2.67. The second-order valence-electron chi connectivity index (χ2n) is 9.39. The first-order valence-corrected chi connectivity index (χ1v) is 10.4. The highest BCUT2D eigenvalue weighted by atomic mass is 19.4. The number of β-amino-alcohol motifs (C(OH)–C–C–N with tert-alkyl or cyclic N) is 1. The van der Waals surface area contributed by atoms with E-state index in [0.29, 0.717) is 17.8 Å². The molecule has 1 aliphatic rings. The molecule has 168 valence electrons. The lowest BCUT2D eigenvalue weighted by molar-refractivity contribution is -0.262.